The molecule has 5 heteroatoms. The predicted octanol–water partition coefficient (Wildman–Crippen LogP) is 3.58. The molecule has 0 spiro atoms. The maximum absolute atomic E-state index is 11.5. The van der Waals surface area contributed by atoms with E-state index in [1.807, 2.05) is 6.07 Å². The third-order valence-electron chi connectivity index (χ3n) is 6.27. The van der Waals surface area contributed by atoms with Gasteiger partial charge in [-0.25, -0.2) is 5.48 Å². The van der Waals surface area contributed by atoms with Crippen molar-refractivity contribution in [1.29, 1.82) is 0 Å². The number of hydrogen-bond acceptors (Lipinski definition) is 4. The molecule has 4 rings (SSSR count). The third-order valence-corrected chi connectivity index (χ3v) is 6.27. The molecule has 25 heavy (non-hydrogen) atoms. The highest BCUT2D eigenvalue weighted by atomic mass is 16.5. The van der Waals surface area contributed by atoms with Crippen molar-refractivity contribution in [2.45, 2.75) is 52.0 Å². The smallest absolute Gasteiger partial charge is 0.276 e. The predicted molar refractivity (Wildman–Crippen MR) is 99.5 cm³/mol. The van der Waals surface area contributed by atoms with Gasteiger partial charge in [0.25, 0.3) is 5.91 Å². The van der Waals surface area contributed by atoms with Crippen molar-refractivity contribution in [2.75, 3.05) is 13.1 Å². The Hall–Kier alpha value is -1.72. The monoisotopic (exact) mass is 345 g/mol. The van der Waals surface area contributed by atoms with E-state index < -0.39 is 5.91 Å². The molecule has 2 aliphatic carbocycles. The first-order valence-electron chi connectivity index (χ1n) is 9.44. The normalized spacial score (nSPS) is 26.3. The van der Waals surface area contributed by atoms with E-state index >= 15 is 0 Å². The van der Waals surface area contributed by atoms with Crippen molar-refractivity contribution in [2.24, 2.45) is 11.8 Å². The third kappa shape index (κ3) is 3.48. The van der Waals surface area contributed by atoms with Crippen LogP contribution in [-0.4, -0.2) is 34.1 Å². The number of allylic oxidation sites excluding steroid dienone is 2. The number of fused-ring (bicyclic) bond motifs is 3. The molecular formula is C20H31N3O2. The SMILES string of the molecule is CC1=C2CC[C@H](CN3CCc4cc(C(=O)NO)cnc4C3)CC(C1)C2.[HH].[HH]. The fourth-order valence-corrected chi connectivity index (χ4v) is 4.96. The van der Waals surface area contributed by atoms with Gasteiger partial charge in [-0.2, -0.15) is 0 Å². The molecule has 138 valence electrons. The first kappa shape index (κ1) is 16.7. The highest BCUT2D eigenvalue weighted by Gasteiger charge is 2.30. The van der Waals surface area contributed by atoms with Gasteiger partial charge in [0.2, 0.25) is 0 Å². The Labute approximate surface area is 152 Å². The Morgan fingerprint density at radius 3 is 3.16 bits per heavy atom. The van der Waals surface area contributed by atoms with E-state index in [0.29, 0.717) is 5.56 Å². The molecular weight excluding hydrogens is 314 g/mol. The first-order valence-corrected chi connectivity index (χ1v) is 9.44. The van der Waals surface area contributed by atoms with Crippen molar-refractivity contribution >= 4 is 5.91 Å². The molecule has 1 aromatic rings. The van der Waals surface area contributed by atoms with Crippen LogP contribution in [0.5, 0.6) is 0 Å². The zero-order valence-corrected chi connectivity index (χ0v) is 14.9. The van der Waals surface area contributed by atoms with Crippen molar-refractivity contribution in [3.05, 3.63) is 40.2 Å². The molecule has 1 fully saturated rings. The Kier molecular flexibility index (Phi) is 4.61. The van der Waals surface area contributed by atoms with Gasteiger partial charge < -0.3 is 0 Å². The van der Waals surface area contributed by atoms with Gasteiger partial charge >= 0.3 is 0 Å². The first-order chi connectivity index (χ1) is 12.1. The number of nitrogens with one attached hydrogen (secondary N) is 1. The number of rotatable bonds is 3. The number of hydroxylamine groups is 1. The molecule has 0 aromatic carbocycles. The van der Waals surface area contributed by atoms with E-state index in [1.54, 1.807) is 22.8 Å². The lowest BCUT2D eigenvalue weighted by molar-refractivity contribution is 0.0705. The lowest BCUT2D eigenvalue weighted by atomic mass is 9.89. The van der Waals surface area contributed by atoms with Gasteiger partial charge in [-0.15, -0.1) is 0 Å². The molecule has 2 bridgehead atoms. The summed E-state index contributed by atoms with van der Waals surface area (Å²) in [6, 6.07) is 1.87. The number of pyridine rings is 1. The van der Waals surface area contributed by atoms with Gasteiger partial charge in [0.15, 0.2) is 0 Å². The number of nitrogens with zero attached hydrogens (tertiary/aromatic N) is 2. The standard InChI is InChI=1S/C20H27N3O2.2H2/c1-13-6-15-7-14(2-3-16(13)8-15)11-23-5-4-17-9-18(20(24)22-25)10-21-19(17)12-23;;/h9-10,14-15,25H,2-8,11-12H2,1H3,(H,22,24);2*1H/t14-,15?;;/m0../s1. The summed E-state index contributed by atoms with van der Waals surface area (Å²) in [6.45, 7) is 5.40. The van der Waals surface area contributed by atoms with Crippen molar-refractivity contribution < 1.29 is 12.9 Å². The fourth-order valence-electron chi connectivity index (χ4n) is 4.96. The van der Waals surface area contributed by atoms with Crippen LogP contribution < -0.4 is 5.48 Å². The Morgan fingerprint density at radius 2 is 2.32 bits per heavy atom. The van der Waals surface area contributed by atoms with E-state index in [4.69, 9.17) is 5.21 Å². The van der Waals surface area contributed by atoms with E-state index in [2.05, 4.69) is 16.8 Å². The summed E-state index contributed by atoms with van der Waals surface area (Å²) in [7, 11) is 0. The van der Waals surface area contributed by atoms with Gasteiger partial charge in [-0.05, 0) is 68.9 Å². The van der Waals surface area contributed by atoms with Crippen LogP contribution in [0.2, 0.25) is 0 Å². The maximum atomic E-state index is 11.5. The Morgan fingerprint density at radius 1 is 1.44 bits per heavy atom. The summed E-state index contributed by atoms with van der Waals surface area (Å²) in [5.41, 5.74) is 7.74. The van der Waals surface area contributed by atoms with Crippen LogP contribution in [0, 0.1) is 11.8 Å². The zero-order valence-electron chi connectivity index (χ0n) is 14.9. The van der Waals surface area contributed by atoms with Gasteiger partial charge in [-0.1, -0.05) is 11.1 Å². The number of carbonyl (C=O) groups excluding carboxylic acids is 1. The van der Waals surface area contributed by atoms with Crippen LogP contribution in [0.3, 0.4) is 0 Å². The molecule has 1 aliphatic heterocycles. The summed E-state index contributed by atoms with van der Waals surface area (Å²) in [6.07, 6.45) is 9.16. The minimum Gasteiger partial charge on any atom is -0.297 e. The molecule has 1 aromatic heterocycles. The Balaban J connectivity index is 0.00000131. The molecule has 5 nitrogen and oxygen atoms in total. The molecule has 2 N–H and O–H groups in total. The van der Waals surface area contributed by atoms with E-state index in [-0.39, 0.29) is 2.85 Å². The quantitative estimate of drug-likeness (QED) is 0.499. The molecule has 0 saturated heterocycles. The van der Waals surface area contributed by atoms with Crippen LogP contribution in [0.4, 0.5) is 0 Å². The molecule has 2 heterocycles. The Bertz CT molecular complexity index is 723. The van der Waals surface area contributed by atoms with Crippen molar-refractivity contribution in [3.8, 4) is 0 Å². The summed E-state index contributed by atoms with van der Waals surface area (Å²) in [5.74, 6) is 1.20. The minimum atomic E-state index is -0.490. The van der Waals surface area contributed by atoms with E-state index in [9.17, 15) is 4.79 Å². The van der Waals surface area contributed by atoms with Gasteiger partial charge in [0, 0.05) is 28.7 Å². The second kappa shape index (κ2) is 6.89. The molecule has 3 aliphatic rings. The second-order valence-electron chi connectivity index (χ2n) is 8.05. The average Bonchev–Trinajstić information content (AvgIpc) is 2.84. The van der Waals surface area contributed by atoms with Crippen LogP contribution in [-0.2, 0) is 13.0 Å². The largest absolute Gasteiger partial charge is 0.297 e. The summed E-state index contributed by atoms with van der Waals surface area (Å²) >= 11 is 0. The number of hydrogen-bond donors (Lipinski definition) is 2. The maximum Gasteiger partial charge on any atom is 0.276 e. The molecule has 1 saturated carbocycles. The molecule has 0 radical (unpaired) electrons. The fraction of sp³-hybridized carbons (Fsp3) is 0.600. The number of carbonyl (C=O) groups is 1. The second-order valence-corrected chi connectivity index (χ2v) is 8.05. The topological polar surface area (TPSA) is 65.5 Å². The molecule has 1 amide bonds. The van der Waals surface area contributed by atoms with Crippen LogP contribution >= 0.6 is 0 Å². The molecule has 2 atom stereocenters. The zero-order chi connectivity index (χ0) is 17.4. The number of amides is 1. The van der Waals surface area contributed by atoms with Crippen molar-refractivity contribution in [3.63, 3.8) is 0 Å². The van der Waals surface area contributed by atoms with Crippen molar-refractivity contribution in [1.82, 2.24) is 15.4 Å². The van der Waals surface area contributed by atoms with Crippen LogP contribution in [0.1, 0.15) is 63.5 Å². The van der Waals surface area contributed by atoms with E-state index in [1.165, 1.54) is 38.6 Å². The van der Waals surface area contributed by atoms with E-state index in [0.717, 1.165) is 42.6 Å². The highest BCUT2D eigenvalue weighted by Crippen LogP contribution is 2.42. The van der Waals surface area contributed by atoms with Crippen LogP contribution in [0.25, 0.3) is 0 Å². The lowest BCUT2D eigenvalue weighted by Gasteiger charge is -2.32. The van der Waals surface area contributed by atoms with Crippen LogP contribution in [0.15, 0.2) is 23.4 Å². The highest BCUT2D eigenvalue weighted by molar-refractivity contribution is 5.93. The van der Waals surface area contributed by atoms with Gasteiger partial charge in [0.1, 0.15) is 0 Å². The summed E-state index contributed by atoms with van der Waals surface area (Å²) in [4.78, 5) is 18.5. The minimum absolute atomic E-state index is 0. The lowest BCUT2D eigenvalue weighted by Crippen LogP contribution is -2.35. The van der Waals surface area contributed by atoms with Gasteiger partial charge in [0.05, 0.1) is 11.3 Å². The average molecular weight is 345 g/mol. The summed E-state index contributed by atoms with van der Waals surface area (Å²) in [5, 5.41) is 8.76. The molecule has 1 unspecified atom stereocenters. The van der Waals surface area contributed by atoms with Gasteiger partial charge in [-0.3, -0.25) is 19.9 Å². The number of aromatic nitrogens is 1. The summed E-state index contributed by atoms with van der Waals surface area (Å²) < 4.78 is 0.